The lowest BCUT2D eigenvalue weighted by Crippen LogP contribution is -2.08. The first-order valence-corrected chi connectivity index (χ1v) is 5.04. The topological polar surface area (TPSA) is 13.1 Å². The maximum atomic E-state index is 5.88. The van der Waals surface area contributed by atoms with Gasteiger partial charge in [0.05, 0.1) is 0 Å². The summed E-state index contributed by atoms with van der Waals surface area (Å²) in [4.78, 5) is 0. The Morgan fingerprint density at radius 3 is 2.50 bits per heavy atom. The standard InChI is InChI=1S/C12H13ClO/c1-12(2,3)11-6-8-4-5-9(13)7-10(8)14-11/h4-7H,1-3H3. The number of benzene rings is 1. The fraction of sp³-hybridized carbons (Fsp3) is 0.333. The minimum Gasteiger partial charge on any atom is -0.460 e. The van der Waals surface area contributed by atoms with Crippen molar-refractivity contribution < 1.29 is 4.42 Å². The molecule has 0 radical (unpaired) electrons. The van der Waals surface area contributed by atoms with Gasteiger partial charge in [0.25, 0.3) is 0 Å². The minimum atomic E-state index is 0.0471. The molecule has 1 aromatic heterocycles. The summed E-state index contributed by atoms with van der Waals surface area (Å²) in [5.41, 5.74) is 0.910. The second kappa shape index (κ2) is 3.03. The van der Waals surface area contributed by atoms with E-state index in [1.165, 1.54) is 0 Å². The Kier molecular flexibility index (Phi) is 2.07. The van der Waals surface area contributed by atoms with Gasteiger partial charge in [-0.05, 0) is 18.2 Å². The third-order valence-corrected chi connectivity index (χ3v) is 2.46. The monoisotopic (exact) mass is 208 g/mol. The fourth-order valence-electron chi connectivity index (χ4n) is 1.37. The van der Waals surface area contributed by atoms with E-state index in [0.29, 0.717) is 5.02 Å². The van der Waals surface area contributed by atoms with Crippen molar-refractivity contribution in [1.82, 2.24) is 0 Å². The summed E-state index contributed by atoms with van der Waals surface area (Å²) in [5.74, 6) is 0.995. The Bertz CT molecular complexity index is 463. The first-order valence-electron chi connectivity index (χ1n) is 4.66. The van der Waals surface area contributed by atoms with E-state index in [1.807, 2.05) is 18.2 Å². The molecule has 1 nitrogen and oxygen atoms in total. The third kappa shape index (κ3) is 1.64. The second-order valence-electron chi connectivity index (χ2n) is 4.54. The smallest absolute Gasteiger partial charge is 0.135 e. The van der Waals surface area contributed by atoms with Crippen LogP contribution in [0.1, 0.15) is 26.5 Å². The molecule has 0 aliphatic heterocycles. The van der Waals surface area contributed by atoms with Crippen LogP contribution in [0.15, 0.2) is 28.7 Å². The Morgan fingerprint density at radius 1 is 1.14 bits per heavy atom. The minimum absolute atomic E-state index is 0.0471. The molecular formula is C12H13ClO. The van der Waals surface area contributed by atoms with Crippen LogP contribution in [0.2, 0.25) is 5.02 Å². The van der Waals surface area contributed by atoms with Gasteiger partial charge in [-0.15, -0.1) is 0 Å². The number of hydrogen-bond acceptors (Lipinski definition) is 1. The van der Waals surface area contributed by atoms with E-state index >= 15 is 0 Å². The molecule has 0 aliphatic rings. The van der Waals surface area contributed by atoms with Crippen molar-refractivity contribution in [3.05, 3.63) is 35.0 Å². The number of furan rings is 1. The number of hydrogen-bond donors (Lipinski definition) is 0. The average molecular weight is 209 g/mol. The molecule has 2 aromatic rings. The van der Waals surface area contributed by atoms with Crippen LogP contribution in [-0.4, -0.2) is 0 Å². The van der Waals surface area contributed by atoms with E-state index in [1.54, 1.807) is 0 Å². The zero-order valence-corrected chi connectivity index (χ0v) is 9.35. The highest BCUT2D eigenvalue weighted by Gasteiger charge is 2.18. The van der Waals surface area contributed by atoms with E-state index in [-0.39, 0.29) is 5.41 Å². The van der Waals surface area contributed by atoms with Gasteiger partial charge in [0.2, 0.25) is 0 Å². The molecule has 1 heterocycles. The average Bonchev–Trinajstić information content (AvgIpc) is 2.45. The van der Waals surface area contributed by atoms with Crippen LogP contribution in [0.4, 0.5) is 0 Å². The molecule has 0 aliphatic carbocycles. The second-order valence-corrected chi connectivity index (χ2v) is 4.98. The molecule has 0 fully saturated rings. The van der Waals surface area contributed by atoms with Gasteiger partial charge in [0, 0.05) is 21.9 Å². The summed E-state index contributed by atoms with van der Waals surface area (Å²) < 4.78 is 5.73. The van der Waals surface area contributed by atoms with Crippen LogP contribution in [-0.2, 0) is 5.41 Å². The maximum absolute atomic E-state index is 5.88. The SMILES string of the molecule is CC(C)(C)c1cc2ccc(Cl)cc2o1. The molecule has 1 aromatic carbocycles. The van der Waals surface area contributed by atoms with Crippen LogP contribution in [0.5, 0.6) is 0 Å². The van der Waals surface area contributed by atoms with Gasteiger partial charge in [-0.3, -0.25) is 0 Å². The predicted octanol–water partition coefficient (Wildman–Crippen LogP) is 4.38. The van der Waals surface area contributed by atoms with E-state index in [0.717, 1.165) is 16.7 Å². The Balaban J connectivity index is 2.63. The van der Waals surface area contributed by atoms with E-state index < -0.39 is 0 Å². The van der Waals surface area contributed by atoms with Gasteiger partial charge in [-0.2, -0.15) is 0 Å². The molecule has 74 valence electrons. The molecule has 0 amide bonds. The Hall–Kier alpha value is -0.950. The van der Waals surface area contributed by atoms with Crippen molar-refractivity contribution in [2.45, 2.75) is 26.2 Å². The molecule has 0 N–H and O–H groups in total. The summed E-state index contributed by atoms with van der Waals surface area (Å²) in [6.45, 7) is 6.39. The number of halogens is 1. The molecular weight excluding hydrogens is 196 g/mol. The van der Waals surface area contributed by atoms with Crippen molar-refractivity contribution in [3.8, 4) is 0 Å². The zero-order valence-electron chi connectivity index (χ0n) is 8.60. The fourth-order valence-corrected chi connectivity index (χ4v) is 1.54. The van der Waals surface area contributed by atoms with Crippen LogP contribution in [0.25, 0.3) is 11.0 Å². The summed E-state index contributed by atoms with van der Waals surface area (Å²) in [6, 6.07) is 7.79. The van der Waals surface area contributed by atoms with Crippen LogP contribution >= 0.6 is 11.6 Å². The highest BCUT2D eigenvalue weighted by Crippen LogP contribution is 2.30. The molecule has 0 saturated carbocycles. The largest absolute Gasteiger partial charge is 0.460 e. The first kappa shape index (κ1) is 9.60. The predicted molar refractivity (Wildman–Crippen MR) is 59.9 cm³/mol. The van der Waals surface area contributed by atoms with Gasteiger partial charge in [0.15, 0.2) is 0 Å². The van der Waals surface area contributed by atoms with Crippen LogP contribution in [0.3, 0.4) is 0 Å². The molecule has 0 unspecified atom stereocenters. The molecule has 0 spiro atoms. The van der Waals surface area contributed by atoms with E-state index in [2.05, 4.69) is 26.8 Å². The van der Waals surface area contributed by atoms with E-state index in [4.69, 9.17) is 16.0 Å². The highest BCUT2D eigenvalue weighted by atomic mass is 35.5. The van der Waals surface area contributed by atoms with Gasteiger partial charge in [-0.25, -0.2) is 0 Å². The number of rotatable bonds is 0. The van der Waals surface area contributed by atoms with Gasteiger partial charge in [0.1, 0.15) is 11.3 Å². The highest BCUT2D eigenvalue weighted by molar-refractivity contribution is 6.31. The molecule has 2 rings (SSSR count). The van der Waals surface area contributed by atoms with Gasteiger partial charge < -0.3 is 4.42 Å². The Morgan fingerprint density at radius 2 is 1.86 bits per heavy atom. The van der Waals surface area contributed by atoms with E-state index in [9.17, 15) is 0 Å². The molecule has 0 saturated heterocycles. The quantitative estimate of drug-likeness (QED) is 0.626. The van der Waals surface area contributed by atoms with Crippen LogP contribution < -0.4 is 0 Å². The maximum Gasteiger partial charge on any atom is 0.135 e. The summed E-state index contributed by atoms with van der Waals surface area (Å²) in [7, 11) is 0. The first-order chi connectivity index (χ1) is 6.47. The van der Waals surface area contributed by atoms with Crippen molar-refractivity contribution in [2.24, 2.45) is 0 Å². The zero-order chi connectivity index (χ0) is 10.3. The normalized spacial score (nSPS) is 12.3. The summed E-state index contributed by atoms with van der Waals surface area (Å²) in [5, 5.41) is 1.83. The van der Waals surface area contributed by atoms with Crippen molar-refractivity contribution in [1.29, 1.82) is 0 Å². The summed E-state index contributed by atoms with van der Waals surface area (Å²) >= 11 is 5.88. The summed E-state index contributed by atoms with van der Waals surface area (Å²) in [6.07, 6.45) is 0. The van der Waals surface area contributed by atoms with Crippen LogP contribution in [0, 0.1) is 0 Å². The van der Waals surface area contributed by atoms with Crippen molar-refractivity contribution in [2.75, 3.05) is 0 Å². The lowest BCUT2D eigenvalue weighted by atomic mass is 9.93. The lowest BCUT2D eigenvalue weighted by molar-refractivity contribution is 0.430. The molecule has 14 heavy (non-hydrogen) atoms. The molecule has 0 atom stereocenters. The number of fused-ring (bicyclic) bond motifs is 1. The molecule has 2 heteroatoms. The van der Waals surface area contributed by atoms with Gasteiger partial charge >= 0.3 is 0 Å². The lowest BCUT2D eigenvalue weighted by Gasteiger charge is -2.13. The van der Waals surface area contributed by atoms with Gasteiger partial charge in [-0.1, -0.05) is 32.4 Å². The van der Waals surface area contributed by atoms with Crippen molar-refractivity contribution >= 4 is 22.6 Å². The molecule has 0 bridgehead atoms. The van der Waals surface area contributed by atoms with Crippen molar-refractivity contribution in [3.63, 3.8) is 0 Å². The Labute approximate surface area is 88.7 Å². The third-order valence-electron chi connectivity index (χ3n) is 2.22.